The van der Waals surface area contributed by atoms with Crippen LogP contribution in [0, 0.1) is 6.92 Å². The average molecular weight is 194 g/mol. The molecule has 4 nitrogen and oxygen atoms in total. The Morgan fingerprint density at radius 3 is 2.93 bits per heavy atom. The van der Waals surface area contributed by atoms with E-state index in [2.05, 4.69) is 10.3 Å². The smallest absolute Gasteiger partial charge is 0.253 e. The van der Waals surface area contributed by atoms with Gasteiger partial charge in [0, 0.05) is 25.2 Å². The summed E-state index contributed by atoms with van der Waals surface area (Å²) in [4.78, 5) is 15.4. The van der Waals surface area contributed by atoms with Gasteiger partial charge in [0.15, 0.2) is 0 Å². The number of hydrogen-bond acceptors (Lipinski definition) is 3. The van der Waals surface area contributed by atoms with Gasteiger partial charge < -0.3 is 10.1 Å². The number of hydrogen-bond donors (Lipinski definition) is 1. The van der Waals surface area contributed by atoms with E-state index in [9.17, 15) is 4.79 Å². The van der Waals surface area contributed by atoms with Crippen LogP contribution in [-0.2, 0) is 9.53 Å². The molecular formula is C10H14N2O2. The molecule has 1 aromatic rings. The number of carbonyl (C=O) groups is 1. The van der Waals surface area contributed by atoms with Crippen molar-refractivity contribution in [3.8, 4) is 0 Å². The van der Waals surface area contributed by atoms with Gasteiger partial charge in [0.2, 0.25) is 0 Å². The summed E-state index contributed by atoms with van der Waals surface area (Å²) in [5.74, 6) is -0.151. The summed E-state index contributed by atoms with van der Waals surface area (Å²) in [6.07, 6.45) is 2.90. The van der Waals surface area contributed by atoms with Gasteiger partial charge >= 0.3 is 0 Å². The molecule has 1 amide bonds. The number of rotatable bonds is 3. The van der Waals surface area contributed by atoms with E-state index in [1.807, 2.05) is 6.92 Å². The number of aromatic nitrogens is 1. The Morgan fingerprint density at radius 2 is 2.36 bits per heavy atom. The minimum Gasteiger partial charge on any atom is -0.372 e. The van der Waals surface area contributed by atoms with Crippen LogP contribution in [0.25, 0.3) is 0 Å². The van der Waals surface area contributed by atoms with E-state index in [1.165, 1.54) is 7.11 Å². The lowest BCUT2D eigenvalue weighted by molar-refractivity contribution is -0.124. The lowest BCUT2D eigenvalue weighted by Crippen LogP contribution is -2.26. The molecule has 0 spiro atoms. The summed E-state index contributed by atoms with van der Waals surface area (Å²) in [7, 11) is 1.50. The van der Waals surface area contributed by atoms with Crippen molar-refractivity contribution in [3.05, 3.63) is 24.0 Å². The van der Waals surface area contributed by atoms with E-state index < -0.39 is 6.10 Å². The van der Waals surface area contributed by atoms with Crippen molar-refractivity contribution in [2.24, 2.45) is 0 Å². The Balaban J connectivity index is 2.70. The van der Waals surface area contributed by atoms with E-state index in [0.717, 1.165) is 11.3 Å². The normalized spacial score (nSPS) is 12.2. The second-order valence-corrected chi connectivity index (χ2v) is 3.06. The summed E-state index contributed by atoms with van der Waals surface area (Å²) in [5.41, 5.74) is 1.71. The molecule has 1 atom stereocenters. The SMILES string of the molecule is COC(C)C(=O)Nc1ccncc1C. The third kappa shape index (κ3) is 2.53. The molecular weight excluding hydrogens is 180 g/mol. The van der Waals surface area contributed by atoms with E-state index in [4.69, 9.17) is 4.74 Å². The number of carbonyl (C=O) groups excluding carboxylic acids is 1. The first kappa shape index (κ1) is 10.7. The predicted molar refractivity (Wildman–Crippen MR) is 54.1 cm³/mol. The monoisotopic (exact) mass is 194 g/mol. The van der Waals surface area contributed by atoms with Gasteiger partial charge in [-0.3, -0.25) is 9.78 Å². The minimum atomic E-state index is -0.442. The Bertz CT molecular complexity index is 326. The maximum Gasteiger partial charge on any atom is 0.253 e. The first-order valence-electron chi connectivity index (χ1n) is 4.39. The number of amides is 1. The van der Waals surface area contributed by atoms with Crippen LogP contribution in [0.15, 0.2) is 18.5 Å². The van der Waals surface area contributed by atoms with Crippen molar-refractivity contribution >= 4 is 11.6 Å². The molecule has 0 bridgehead atoms. The van der Waals surface area contributed by atoms with Gasteiger partial charge in [0.1, 0.15) is 6.10 Å². The molecule has 1 N–H and O–H groups in total. The van der Waals surface area contributed by atoms with Crippen molar-refractivity contribution in [2.75, 3.05) is 12.4 Å². The molecule has 0 fully saturated rings. The molecule has 0 aliphatic rings. The number of aryl methyl sites for hydroxylation is 1. The zero-order valence-corrected chi connectivity index (χ0v) is 8.57. The fourth-order valence-corrected chi connectivity index (χ4v) is 0.955. The molecule has 0 saturated heterocycles. The van der Waals surface area contributed by atoms with Gasteiger partial charge in [0.05, 0.1) is 0 Å². The summed E-state index contributed by atoms with van der Waals surface area (Å²) in [6.45, 7) is 3.59. The van der Waals surface area contributed by atoms with Crippen LogP contribution in [0.2, 0.25) is 0 Å². The average Bonchev–Trinajstić information content (AvgIpc) is 2.20. The van der Waals surface area contributed by atoms with Gasteiger partial charge in [-0.15, -0.1) is 0 Å². The quantitative estimate of drug-likeness (QED) is 0.790. The number of pyridine rings is 1. The molecule has 76 valence electrons. The Labute approximate surface area is 83.3 Å². The highest BCUT2D eigenvalue weighted by Crippen LogP contribution is 2.11. The zero-order chi connectivity index (χ0) is 10.6. The molecule has 0 aliphatic heterocycles. The van der Waals surface area contributed by atoms with Gasteiger partial charge in [-0.25, -0.2) is 0 Å². The van der Waals surface area contributed by atoms with Crippen LogP contribution in [0.1, 0.15) is 12.5 Å². The Morgan fingerprint density at radius 1 is 1.64 bits per heavy atom. The van der Waals surface area contributed by atoms with E-state index in [1.54, 1.807) is 25.4 Å². The largest absolute Gasteiger partial charge is 0.372 e. The molecule has 0 aromatic carbocycles. The summed E-state index contributed by atoms with van der Waals surface area (Å²) >= 11 is 0. The Hall–Kier alpha value is -1.42. The molecule has 0 saturated carbocycles. The zero-order valence-electron chi connectivity index (χ0n) is 8.57. The highest BCUT2D eigenvalue weighted by molar-refractivity contribution is 5.94. The summed E-state index contributed by atoms with van der Waals surface area (Å²) in [5, 5.41) is 2.76. The lowest BCUT2D eigenvalue weighted by Gasteiger charge is -2.11. The topological polar surface area (TPSA) is 51.2 Å². The van der Waals surface area contributed by atoms with Crippen LogP contribution in [0.4, 0.5) is 5.69 Å². The first-order chi connectivity index (χ1) is 6.65. The number of methoxy groups -OCH3 is 1. The minimum absolute atomic E-state index is 0.151. The third-order valence-electron chi connectivity index (χ3n) is 2.00. The van der Waals surface area contributed by atoms with Crippen LogP contribution >= 0.6 is 0 Å². The molecule has 0 radical (unpaired) electrons. The molecule has 14 heavy (non-hydrogen) atoms. The van der Waals surface area contributed by atoms with Crippen molar-refractivity contribution in [3.63, 3.8) is 0 Å². The maximum atomic E-state index is 11.4. The van der Waals surface area contributed by atoms with E-state index in [-0.39, 0.29) is 5.91 Å². The second-order valence-electron chi connectivity index (χ2n) is 3.06. The van der Waals surface area contributed by atoms with Gasteiger partial charge in [-0.2, -0.15) is 0 Å². The molecule has 4 heteroatoms. The molecule has 1 heterocycles. The van der Waals surface area contributed by atoms with E-state index in [0.29, 0.717) is 0 Å². The van der Waals surface area contributed by atoms with Crippen LogP contribution in [0.5, 0.6) is 0 Å². The van der Waals surface area contributed by atoms with Crippen molar-refractivity contribution in [2.45, 2.75) is 20.0 Å². The summed E-state index contributed by atoms with van der Waals surface area (Å²) in [6, 6.07) is 1.76. The van der Waals surface area contributed by atoms with Crippen LogP contribution < -0.4 is 5.32 Å². The number of anilines is 1. The van der Waals surface area contributed by atoms with Crippen LogP contribution in [0.3, 0.4) is 0 Å². The van der Waals surface area contributed by atoms with Gasteiger partial charge in [-0.05, 0) is 25.5 Å². The van der Waals surface area contributed by atoms with Gasteiger partial charge in [0.25, 0.3) is 5.91 Å². The Kier molecular flexibility index (Phi) is 3.59. The first-order valence-corrected chi connectivity index (χ1v) is 4.39. The van der Waals surface area contributed by atoms with Crippen molar-refractivity contribution in [1.82, 2.24) is 4.98 Å². The van der Waals surface area contributed by atoms with E-state index >= 15 is 0 Å². The van der Waals surface area contributed by atoms with Crippen molar-refractivity contribution < 1.29 is 9.53 Å². The molecule has 1 aromatic heterocycles. The fraction of sp³-hybridized carbons (Fsp3) is 0.400. The highest BCUT2D eigenvalue weighted by Gasteiger charge is 2.11. The fourth-order valence-electron chi connectivity index (χ4n) is 0.955. The predicted octanol–water partition coefficient (Wildman–Crippen LogP) is 1.36. The maximum absolute atomic E-state index is 11.4. The molecule has 1 unspecified atom stereocenters. The standard InChI is InChI=1S/C10H14N2O2/c1-7-6-11-5-4-9(7)12-10(13)8(2)14-3/h4-6,8H,1-3H3,(H,11,12,13). The molecule has 1 rings (SSSR count). The highest BCUT2D eigenvalue weighted by atomic mass is 16.5. The third-order valence-corrected chi connectivity index (χ3v) is 2.00. The number of ether oxygens (including phenoxy) is 1. The van der Waals surface area contributed by atoms with Crippen molar-refractivity contribution in [1.29, 1.82) is 0 Å². The molecule has 0 aliphatic carbocycles. The van der Waals surface area contributed by atoms with Crippen LogP contribution in [-0.4, -0.2) is 24.1 Å². The lowest BCUT2D eigenvalue weighted by atomic mass is 10.2. The second kappa shape index (κ2) is 4.72. The number of nitrogens with zero attached hydrogens (tertiary/aromatic N) is 1. The number of nitrogens with one attached hydrogen (secondary N) is 1. The van der Waals surface area contributed by atoms with Gasteiger partial charge in [-0.1, -0.05) is 0 Å². The summed E-state index contributed by atoms with van der Waals surface area (Å²) < 4.78 is 4.90.